The molecule has 4 nitrogen and oxygen atoms in total. The number of anilines is 1. The van der Waals surface area contributed by atoms with Gasteiger partial charge in [-0.25, -0.2) is 12.8 Å². The van der Waals surface area contributed by atoms with Crippen molar-refractivity contribution in [3.63, 3.8) is 0 Å². The monoisotopic (exact) mass is 373 g/mol. The number of hydrogen-bond acceptors (Lipinski definition) is 3. The van der Waals surface area contributed by atoms with Gasteiger partial charge in [0.05, 0.1) is 18.2 Å². The summed E-state index contributed by atoms with van der Waals surface area (Å²) < 4.78 is 36.8. The fourth-order valence-electron chi connectivity index (χ4n) is 2.98. The van der Waals surface area contributed by atoms with Crippen molar-refractivity contribution in [2.75, 3.05) is 10.7 Å². The highest BCUT2D eigenvalue weighted by atomic mass is 32.2. The molecule has 0 N–H and O–H groups in total. The van der Waals surface area contributed by atoms with Crippen LogP contribution in [0.5, 0.6) is 0 Å². The van der Waals surface area contributed by atoms with Gasteiger partial charge in [0, 0.05) is 11.1 Å². The zero-order valence-corrected chi connectivity index (χ0v) is 15.5. The maximum absolute atomic E-state index is 13.1. The average Bonchev–Trinajstić information content (AvgIpc) is 2.93. The lowest BCUT2D eigenvalue weighted by Crippen LogP contribution is -2.42. The van der Waals surface area contributed by atoms with Crippen LogP contribution in [0.25, 0.3) is 0 Å². The zero-order valence-electron chi connectivity index (χ0n) is 14.6. The molecule has 2 aromatic rings. The van der Waals surface area contributed by atoms with Gasteiger partial charge in [-0.3, -0.25) is 4.79 Å². The van der Waals surface area contributed by atoms with Crippen molar-refractivity contribution in [3.8, 4) is 0 Å². The van der Waals surface area contributed by atoms with E-state index in [0.717, 1.165) is 16.5 Å². The van der Waals surface area contributed by atoms with E-state index in [0.29, 0.717) is 11.3 Å². The molecule has 0 aliphatic carbocycles. The molecule has 0 unspecified atom stereocenters. The van der Waals surface area contributed by atoms with Crippen molar-refractivity contribution in [2.45, 2.75) is 26.3 Å². The minimum Gasteiger partial charge on any atom is -0.304 e. The van der Waals surface area contributed by atoms with Gasteiger partial charge in [-0.2, -0.15) is 0 Å². The number of carbonyl (C=O) groups is 1. The Morgan fingerprint density at radius 2 is 1.81 bits per heavy atom. The Labute approximate surface area is 152 Å². The predicted octanol–water partition coefficient (Wildman–Crippen LogP) is 3.33. The number of amides is 1. The van der Waals surface area contributed by atoms with Crippen molar-refractivity contribution < 1.29 is 17.6 Å². The molecule has 1 aliphatic heterocycles. The summed E-state index contributed by atoms with van der Waals surface area (Å²) in [6, 6.07) is 10.8. The molecule has 0 saturated carbocycles. The highest BCUT2D eigenvalue weighted by Crippen LogP contribution is 2.26. The van der Waals surface area contributed by atoms with E-state index in [4.69, 9.17) is 0 Å². The molecule has 0 radical (unpaired) electrons. The lowest BCUT2D eigenvalue weighted by atomic mass is 10.1. The molecule has 6 heteroatoms. The van der Waals surface area contributed by atoms with Crippen LogP contribution in [0, 0.1) is 19.7 Å². The number of halogens is 1. The van der Waals surface area contributed by atoms with Crippen LogP contribution in [-0.4, -0.2) is 26.1 Å². The van der Waals surface area contributed by atoms with Crippen LogP contribution in [0.2, 0.25) is 0 Å². The Bertz CT molecular complexity index is 965. The second-order valence-electron chi connectivity index (χ2n) is 6.56. The molecule has 0 fully saturated rings. The molecule has 1 heterocycles. The molecule has 26 heavy (non-hydrogen) atoms. The Hall–Kier alpha value is -2.47. The summed E-state index contributed by atoms with van der Waals surface area (Å²) in [5.74, 6) is -0.724. The molecule has 1 aliphatic rings. The van der Waals surface area contributed by atoms with Crippen molar-refractivity contribution in [1.29, 1.82) is 0 Å². The van der Waals surface area contributed by atoms with Gasteiger partial charge in [-0.05, 0) is 60.9 Å². The topological polar surface area (TPSA) is 54.5 Å². The Morgan fingerprint density at radius 1 is 1.12 bits per heavy atom. The van der Waals surface area contributed by atoms with Gasteiger partial charge >= 0.3 is 0 Å². The molecule has 0 saturated heterocycles. The Kier molecular flexibility index (Phi) is 4.96. The number of carbonyl (C=O) groups excluding carboxylic acids is 1. The second kappa shape index (κ2) is 7.03. The van der Waals surface area contributed by atoms with Crippen LogP contribution < -0.4 is 4.90 Å². The highest BCUT2D eigenvalue weighted by molar-refractivity contribution is 7.94. The molecule has 136 valence electrons. The summed E-state index contributed by atoms with van der Waals surface area (Å²) in [5.41, 5.74) is 3.45. The fourth-order valence-corrected chi connectivity index (χ4v) is 4.25. The quantitative estimate of drug-likeness (QED) is 0.826. The van der Waals surface area contributed by atoms with E-state index in [-0.39, 0.29) is 23.9 Å². The SMILES string of the molecule is Cc1ccc(N(C(=O)Cc2ccc(F)cc2)[C@@H]2C=CS(=O)(=O)C2)cc1C. The number of nitrogens with zero attached hydrogens (tertiary/aromatic N) is 1. The molecular weight excluding hydrogens is 353 g/mol. The van der Waals surface area contributed by atoms with Crippen molar-refractivity contribution in [1.82, 2.24) is 0 Å². The summed E-state index contributed by atoms with van der Waals surface area (Å²) in [6.45, 7) is 3.92. The van der Waals surface area contributed by atoms with Gasteiger partial charge in [0.15, 0.2) is 9.84 Å². The largest absolute Gasteiger partial charge is 0.304 e. The molecule has 2 aromatic carbocycles. The molecule has 0 aromatic heterocycles. The molecule has 1 amide bonds. The lowest BCUT2D eigenvalue weighted by molar-refractivity contribution is -0.118. The number of benzene rings is 2. The van der Waals surface area contributed by atoms with E-state index in [1.807, 2.05) is 32.0 Å². The van der Waals surface area contributed by atoms with Gasteiger partial charge in [-0.15, -0.1) is 0 Å². The number of sulfone groups is 1. The summed E-state index contributed by atoms with van der Waals surface area (Å²) in [7, 11) is -3.30. The van der Waals surface area contributed by atoms with E-state index < -0.39 is 15.9 Å². The third kappa shape index (κ3) is 4.02. The maximum Gasteiger partial charge on any atom is 0.231 e. The third-order valence-corrected chi connectivity index (χ3v) is 5.93. The smallest absolute Gasteiger partial charge is 0.231 e. The standard InChI is InChI=1S/C20H20FNO3S/c1-14-3-8-18(11-15(14)2)22(19-9-10-26(24,25)13-19)20(23)12-16-4-6-17(21)7-5-16/h3-11,19H,12-13H2,1-2H3/t19-/m1/s1. The number of hydrogen-bond donors (Lipinski definition) is 0. The highest BCUT2D eigenvalue weighted by Gasteiger charge is 2.31. The second-order valence-corrected chi connectivity index (χ2v) is 8.49. The lowest BCUT2D eigenvalue weighted by Gasteiger charge is -2.28. The van der Waals surface area contributed by atoms with Crippen LogP contribution in [-0.2, 0) is 21.1 Å². The van der Waals surface area contributed by atoms with E-state index >= 15 is 0 Å². The predicted molar refractivity (Wildman–Crippen MR) is 100 cm³/mol. The maximum atomic E-state index is 13.1. The fraction of sp³-hybridized carbons (Fsp3) is 0.250. The van der Waals surface area contributed by atoms with Crippen molar-refractivity contribution >= 4 is 21.4 Å². The average molecular weight is 373 g/mol. The first-order valence-corrected chi connectivity index (χ1v) is 10.0. The first-order valence-electron chi connectivity index (χ1n) is 8.30. The van der Waals surface area contributed by atoms with Gasteiger partial charge < -0.3 is 4.90 Å². The molecular formula is C20H20FNO3S. The van der Waals surface area contributed by atoms with Crippen molar-refractivity contribution in [3.05, 3.63) is 76.5 Å². The Morgan fingerprint density at radius 3 is 2.38 bits per heavy atom. The summed E-state index contributed by atoms with van der Waals surface area (Å²) in [6.07, 6.45) is 1.62. The zero-order chi connectivity index (χ0) is 18.9. The van der Waals surface area contributed by atoms with E-state index in [9.17, 15) is 17.6 Å². The van der Waals surface area contributed by atoms with E-state index in [2.05, 4.69) is 0 Å². The van der Waals surface area contributed by atoms with Crippen LogP contribution in [0.15, 0.2) is 53.9 Å². The van der Waals surface area contributed by atoms with Crippen LogP contribution in [0.1, 0.15) is 16.7 Å². The minimum absolute atomic E-state index is 0.0671. The molecule has 0 spiro atoms. The van der Waals surface area contributed by atoms with Crippen LogP contribution >= 0.6 is 0 Å². The van der Waals surface area contributed by atoms with Crippen molar-refractivity contribution in [2.24, 2.45) is 0 Å². The first-order chi connectivity index (χ1) is 12.2. The molecule has 0 bridgehead atoms. The van der Waals surface area contributed by atoms with Gasteiger partial charge in [0.2, 0.25) is 5.91 Å². The summed E-state index contributed by atoms with van der Waals surface area (Å²) >= 11 is 0. The van der Waals surface area contributed by atoms with E-state index in [1.54, 1.807) is 18.2 Å². The summed E-state index contributed by atoms with van der Waals surface area (Å²) in [5, 5.41) is 1.16. The number of aryl methyl sites for hydroxylation is 2. The first kappa shape index (κ1) is 18.3. The number of rotatable bonds is 4. The molecule has 3 rings (SSSR count). The Balaban J connectivity index is 1.94. The third-order valence-electron chi connectivity index (χ3n) is 4.55. The normalized spacial score (nSPS) is 18.0. The molecule has 1 atom stereocenters. The van der Waals surface area contributed by atoms with Gasteiger partial charge in [-0.1, -0.05) is 18.2 Å². The minimum atomic E-state index is -3.30. The summed E-state index contributed by atoms with van der Waals surface area (Å²) in [4.78, 5) is 14.5. The van der Waals surface area contributed by atoms with Gasteiger partial charge in [0.25, 0.3) is 0 Å². The van der Waals surface area contributed by atoms with Crippen LogP contribution in [0.4, 0.5) is 10.1 Å². The van der Waals surface area contributed by atoms with E-state index in [1.165, 1.54) is 17.0 Å². The van der Waals surface area contributed by atoms with Crippen LogP contribution in [0.3, 0.4) is 0 Å². The van der Waals surface area contributed by atoms with Gasteiger partial charge in [0.1, 0.15) is 5.82 Å².